The van der Waals surface area contributed by atoms with Gasteiger partial charge in [-0.1, -0.05) is 6.07 Å². The summed E-state index contributed by atoms with van der Waals surface area (Å²) in [7, 11) is 0. The maximum atomic E-state index is 14.0. The highest BCUT2D eigenvalue weighted by Gasteiger charge is 2.20. The number of nitrogen functional groups attached to an aromatic ring is 2. The molecule has 37 heavy (non-hydrogen) atoms. The van der Waals surface area contributed by atoms with E-state index < -0.39 is 23.5 Å². The van der Waals surface area contributed by atoms with Crippen molar-refractivity contribution in [1.82, 2.24) is 9.97 Å². The molecule has 0 saturated heterocycles. The van der Waals surface area contributed by atoms with Crippen molar-refractivity contribution >= 4 is 17.3 Å². The number of ether oxygens (including phenoxy) is 1. The Bertz CT molecular complexity index is 1490. The minimum absolute atomic E-state index is 0.0671. The predicted molar refractivity (Wildman–Crippen MR) is 135 cm³/mol. The number of anilines is 2. The molecule has 0 spiro atoms. The van der Waals surface area contributed by atoms with Crippen LogP contribution in [0.3, 0.4) is 0 Å². The molecule has 8 nitrogen and oxygen atoms in total. The van der Waals surface area contributed by atoms with Gasteiger partial charge in [0.2, 0.25) is 0 Å². The largest absolute Gasteiger partial charge is 0.488 e. The van der Waals surface area contributed by atoms with Crippen LogP contribution in [0, 0.1) is 29.8 Å². The standard InChI is InChI=1S/C26H25F3N6O2/c1-12(30)18-8-15(10-34-25(18)32)19-9-21(26(33)35-24(19)17-5-6-36-13(17)2)37-11-16(31)7-14-3-4-20(27)23(29)22(14)28/h3-6,8-10,16,30H,7,11,31H2,1-2H3,(H2,32,34)(H2,33,35). The number of nitrogens with two attached hydrogens (primary N) is 3. The van der Waals surface area contributed by atoms with E-state index >= 15 is 0 Å². The molecule has 7 N–H and O–H groups in total. The fourth-order valence-corrected chi connectivity index (χ4v) is 3.87. The first-order chi connectivity index (χ1) is 17.6. The Kier molecular flexibility index (Phi) is 7.16. The smallest absolute Gasteiger partial charge is 0.194 e. The molecule has 1 aromatic carbocycles. The summed E-state index contributed by atoms with van der Waals surface area (Å²) in [5.74, 6) is -3.01. The summed E-state index contributed by atoms with van der Waals surface area (Å²) in [6.45, 7) is 3.27. The van der Waals surface area contributed by atoms with Crippen LogP contribution in [0.25, 0.3) is 22.4 Å². The van der Waals surface area contributed by atoms with E-state index in [0.717, 1.165) is 12.1 Å². The molecule has 0 aliphatic heterocycles. The van der Waals surface area contributed by atoms with E-state index in [1.54, 1.807) is 38.2 Å². The van der Waals surface area contributed by atoms with Gasteiger partial charge in [-0.05, 0) is 50.1 Å². The molecule has 3 heterocycles. The molecule has 0 radical (unpaired) electrons. The number of aromatic nitrogens is 2. The van der Waals surface area contributed by atoms with Crippen LogP contribution in [-0.2, 0) is 6.42 Å². The van der Waals surface area contributed by atoms with Crippen LogP contribution in [0.2, 0.25) is 0 Å². The van der Waals surface area contributed by atoms with Crippen molar-refractivity contribution in [2.45, 2.75) is 26.3 Å². The van der Waals surface area contributed by atoms with E-state index in [1.807, 2.05) is 0 Å². The number of benzene rings is 1. The molecule has 4 aromatic rings. The summed E-state index contributed by atoms with van der Waals surface area (Å²) in [4.78, 5) is 8.75. The van der Waals surface area contributed by atoms with Crippen molar-refractivity contribution in [3.05, 3.63) is 77.1 Å². The summed E-state index contributed by atoms with van der Waals surface area (Å²) in [6, 6.07) is 6.35. The van der Waals surface area contributed by atoms with Crippen molar-refractivity contribution in [2.75, 3.05) is 18.1 Å². The lowest BCUT2D eigenvalue weighted by molar-refractivity contribution is 0.287. The Morgan fingerprint density at radius 3 is 2.51 bits per heavy atom. The van der Waals surface area contributed by atoms with Crippen LogP contribution >= 0.6 is 0 Å². The first-order valence-corrected chi connectivity index (χ1v) is 11.2. The fourth-order valence-electron chi connectivity index (χ4n) is 3.87. The highest BCUT2D eigenvalue weighted by Crippen LogP contribution is 2.38. The highest BCUT2D eigenvalue weighted by atomic mass is 19.2. The van der Waals surface area contributed by atoms with Gasteiger partial charge in [-0.3, -0.25) is 0 Å². The zero-order chi connectivity index (χ0) is 26.9. The molecule has 11 heteroatoms. The number of nitrogens with one attached hydrogen (secondary N) is 1. The maximum absolute atomic E-state index is 14.0. The molecule has 3 aromatic heterocycles. The van der Waals surface area contributed by atoms with E-state index in [1.165, 1.54) is 6.26 Å². The van der Waals surface area contributed by atoms with E-state index in [4.69, 9.17) is 31.8 Å². The van der Waals surface area contributed by atoms with Crippen molar-refractivity contribution < 1.29 is 22.3 Å². The molecule has 0 aliphatic carbocycles. The van der Waals surface area contributed by atoms with E-state index in [2.05, 4.69) is 9.97 Å². The second-order valence-electron chi connectivity index (χ2n) is 8.55. The molecule has 1 unspecified atom stereocenters. The first-order valence-electron chi connectivity index (χ1n) is 11.2. The quantitative estimate of drug-likeness (QED) is 0.199. The van der Waals surface area contributed by atoms with Gasteiger partial charge in [0.25, 0.3) is 0 Å². The average molecular weight is 511 g/mol. The number of hydrogen-bond donors (Lipinski definition) is 4. The zero-order valence-corrected chi connectivity index (χ0v) is 20.1. The molecule has 4 rings (SSSR count). The number of pyridine rings is 2. The summed E-state index contributed by atoms with van der Waals surface area (Å²) in [5, 5.41) is 8.00. The van der Waals surface area contributed by atoms with Gasteiger partial charge in [-0.25, -0.2) is 23.1 Å². The second-order valence-corrected chi connectivity index (χ2v) is 8.55. The number of halogens is 3. The monoisotopic (exact) mass is 510 g/mol. The molecule has 0 saturated carbocycles. The topological polar surface area (TPSA) is 150 Å². The van der Waals surface area contributed by atoms with Crippen LogP contribution in [0.5, 0.6) is 5.75 Å². The molecular weight excluding hydrogens is 485 g/mol. The van der Waals surface area contributed by atoms with Gasteiger partial charge in [0.15, 0.2) is 29.0 Å². The second kappa shape index (κ2) is 10.3. The van der Waals surface area contributed by atoms with Gasteiger partial charge >= 0.3 is 0 Å². The van der Waals surface area contributed by atoms with E-state index in [0.29, 0.717) is 33.7 Å². The molecule has 0 amide bonds. The molecular formula is C26H25F3N6O2. The zero-order valence-electron chi connectivity index (χ0n) is 20.1. The minimum atomic E-state index is -1.55. The summed E-state index contributed by atoms with van der Waals surface area (Å²) < 4.78 is 52.1. The fraction of sp³-hybridized carbons (Fsp3) is 0.192. The van der Waals surface area contributed by atoms with E-state index in [-0.39, 0.29) is 41.7 Å². The lowest BCUT2D eigenvalue weighted by Crippen LogP contribution is -2.31. The number of nitrogens with zero attached hydrogens (tertiary/aromatic N) is 2. The van der Waals surface area contributed by atoms with Gasteiger partial charge < -0.3 is 31.8 Å². The summed E-state index contributed by atoms with van der Waals surface area (Å²) >= 11 is 0. The minimum Gasteiger partial charge on any atom is -0.488 e. The molecule has 0 aliphatic rings. The number of furan rings is 1. The normalized spacial score (nSPS) is 11.9. The highest BCUT2D eigenvalue weighted by molar-refractivity contribution is 6.01. The summed E-state index contributed by atoms with van der Waals surface area (Å²) in [5.41, 5.74) is 21.2. The van der Waals surface area contributed by atoms with Crippen LogP contribution in [-0.4, -0.2) is 28.3 Å². The van der Waals surface area contributed by atoms with Gasteiger partial charge in [0, 0.05) is 40.2 Å². The van der Waals surface area contributed by atoms with Crippen LogP contribution in [0.4, 0.5) is 24.8 Å². The van der Waals surface area contributed by atoms with Crippen molar-refractivity contribution in [3.8, 4) is 28.1 Å². The van der Waals surface area contributed by atoms with Gasteiger partial charge in [0.1, 0.15) is 18.2 Å². The van der Waals surface area contributed by atoms with E-state index in [9.17, 15) is 13.2 Å². The van der Waals surface area contributed by atoms with Crippen LogP contribution < -0.4 is 21.9 Å². The SMILES string of the molecule is CC(=N)c1cc(-c2cc(OCC(N)Cc3ccc(F)c(F)c3F)c(N)nc2-c2ccoc2C)cnc1N. The molecule has 1 atom stereocenters. The number of rotatable bonds is 8. The molecule has 192 valence electrons. The Balaban J connectivity index is 1.67. The van der Waals surface area contributed by atoms with Gasteiger partial charge in [-0.15, -0.1) is 0 Å². The lowest BCUT2D eigenvalue weighted by atomic mass is 9.98. The Morgan fingerprint density at radius 2 is 1.84 bits per heavy atom. The van der Waals surface area contributed by atoms with Gasteiger partial charge in [0.05, 0.1) is 12.0 Å². The predicted octanol–water partition coefficient (Wildman–Crippen LogP) is 4.63. The third-order valence-corrected chi connectivity index (χ3v) is 5.81. The average Bonchev–Trinajstić information content (AvgIpc) is 3.29. The van der Waals surface area contributed by atoms with Crippen molar-refractivity contribution in [2.24, 2.45) is 5.73 Å². The first kappa shape index (κ1) is 25.7. The molecule has 0 bridgehead atoms. The van der Waals surface area contributed by atoms with Crippen LogP contribution in [0.15, 0.2) is 47.2 Å². The number of aryl methyl sites for hydroxylation is 1. The third kappa shape index (κ3) is 5.26. The number of hydrogen-bond acceptors (Lipinski definition) is 8. The Hall–Kier alpha value is -4.38. The Morgan fingerprint density at radius 1 is 1.08 bits per heavy atom. The van der Waals surface area contributed by atoms with Crippen molar-refractivity contribution in [1.29, 1.82) is 5.41 Å². The van der Waals surface area contributed by atoms with Gasteiger partial charge in [-0.2, -0.15) is 0 Å². The van der Waals surface area contributed by atoms with Crippen LogP contribution in [0.1, 0.15) is 23.8 Å². The van der Waals surface area contributed by atoms with Crippen molar-refractivity contribution in [3.63, 3.8) is 0 Å². The summed E-state index contributed by atoms with van der Waals surface area (Å²) in [6.07, 6.45) is 2.98. The molecule has 0 fully saturated rings. The Labute approximate surface area is 210 Å². The lowest BCUT2D eigenvalue weighted by Gasteiger charge is -2.17. The maximum Gasteiger partial charge on any atom is 0.194 e. The third-order valence-electron chi connectivity index (χ3n) is 5.81.